The van der Waals surface area contributed by atoms with Crippen molar-refractivity contribution in [1.82, 2.24) is 0 Å². The van der Waals surface area contributed by atoms with E-state index in [0.717, 1.165) is 16.2 Å². The molecule has 7 heteroatoms. The van der Waals surface area contributed by atoms with Crippen molar-refractivity contribution in [1.29, 1.82) is 0 Å². The van der Waals surface area contributed by atoms with Crippen LogP contribution in [0.25, 0.3) is 0 Å². The maximum atomic E-state index is 13.8. The van der Waals surface area contributed by atoms with Gasteiger partial charge in [-0.3, -0.25) is 14.4 Å². The van der Waals surface area contributed by atoms with Crippen LogP contribution in [0.3, 0.4) is 0 Å². The predicted octanol–water partition coefficient (Wildman–Crippen LogP) is 4.28. The minimum Gasteiger partial charge on any atom is -0.497 e. The van der Waals surface area contributed by atoms with Crippen LogP contribution in [-0.2, 0) is 14.4 Å². The highest BCUT2D eigenvalue weighted by atomic mass is 19.1. The lowest BCUT2D eigenvalue weighted by atomic mass is 9.76. The van der Waals surface area contributed by atoms with Crippen LogP contribution in [-0.4, -0.2) is 25.0 Å². The number of hydrogen-bond acceptors (Lipinski definition) is 5. The third-order valence-corrected chi connectivity index (χ3v) is 6.20. The number of hydroxylamine groups is 1. The van der Waals surface area contributed by atoms with Crippen molar-refractivity contribution in [2.45, 2.75) is 19.1 Å². The molecule has 2 aliphatic rings. The van der Waals surface area contributed by atoms with E-state index in [1.165, 1.54) is 24.3 Å². The van der Waals surface area contributed by atoms with Gasteiger partial charge in [0.1, 0.15) is 17.0 Å². The number of anilines is 2. The van der Waals surface area contributed by atoms with Gasteiger partial charge < -0.3 is 4.74 Å². The topological polar surface area (TPSA) is 59.1 Å². The van der Waals surface area contributed by atoms with Gasteiger partial charge in [-0.25, -0.2) is 14.4 Å². The molecule has 0 bridgehead atoms. The summed E-state index contributed by atoms with van der Waals surface area (Å²) in [5.74, 6) is -0.622. The van der Waals surface area contributed by atoms with Crippen molar-refractivity contribution in [3.63, 3.8) is 0 Å². The summed E-state index contributed by atoms with van der Waals surface area (Å²) >= 11 is 0. The SMILES string of the molecule is COc1ccc([C@@H]2N(c3ccccc3)O[C@H]3C(=O)N(c4ccc(F)cc4)C(=O)[C@]23C)cc1. The van der Waals surface area contributed by atoms with Gasteiger partial charge in [-0.1, -0.05) is 30.3 Å². The first-order chi connectivity index (χ1) is 15.4. The zero-order valence-electron chi connectivity index (χ0n) is 17.6. The molecule has 3 atom stereocenters. The number of hydrogen-bond donors (Lipinski definition) is 0. The lowest BCUT2D eigenvalue weighted by Crippen LogP contribution is -2.41. The predicted molar refractivity (Wildman–Crippen MR) is 117 cm³/mol. The molecule has 3 aromatic carbocycles. The molecule has 2 heterocycles. The van der Waals surface area contributed by atoms with Crippen LogP contribution < -0.4 is 14.7 Å². The van der Waals surface area contributed by atoms with Gasteiger partial charge in [-0.15, -0.1) is 0 Å². The van der Waals surface area contributed by atoms with Gasteiger partial charge in [0, 0.05) is 0 Å². The number of methoxy groups -OCH3 is 1. The van der Waals surface area contributed by atoms with E-state index in [1.807, 2.05) is 54.6 Å². The standard InChI is InChI=1S/C25H21FN2O4/c1-25-21(16-8-14-20(31-2)15-9-16)28(19-6-4-3-5-7-19)32-22(25)23(29)27(24(25)30)18-12-10-17(26)11-13-18/h3-15,21-22H,1-2H3/t21-,22-,25+/m0/s1. The van der Waals surface area contributed by atoms with Gasteiger partial charge in [0.25, 0.3) is 5.91 Å². The molecular formula is C25H21FN2O4. The van der Waals surface area contributed by atoms with Crippen molar-refractivity contribution in [3.8, 4) is 5.75 Å². The Kier molecular flexibility index (Phi) is 4.71. The summed E-state index contributed by atoms with van der Waals surface area (Å²) in [6.45, 7) is 1.75. The summed E-state index contributed by atoms with van der Waals surface area (Å²) < 4.78 is 18.7. The molecular weight excluding hydrogens is 411 g/mol. The molecule has 0 unspecified atom stereocenters. The number of imide groups is 1. The van der Waals surface area contributed by atoms with Crippen LogP contribution in [0.5, 0.6) is 5.75 Å². The highest BCUT2D eigenvalue weighted by Gasteiger charge is 2.68. The van der Waals surface area contributed by atoms with Crippen LogP contribution >= 0.6 is 0 Å². The molecule has 5 rings (SSSR count). The van der Waals surface area contributed by atoms with Crippen molar-refractivity contribution in [2.75, 3.05) is 17.1 Å². The molecule has 2 aliphatic heterocycles. The van der Waals surface area contributed by atoms with E-state index >= 15 is 0 Å². The summed E-state index contributed by atoms with van der Waals surface area (Å²) in [4.78, 5) is 34.4. The molecule has 0 spiro atoms. The Labute approximate surface area is 184 Å². The third kappa shape index (κ3) is 2.89. The normalized spacial score (nSPS) is 24.7. The van der Waals surface area contributed by atoms with Gasteiger partial charge >= 0.3 is 0 Å². The maximum absolute atomic E-state index is 13.8. The van der Waals surface area contributed by atoms with E-state index in [2.05, 4.69) is 0 Å². The average Bonchev–Trinajstić information content (AvgIpc) is 3.23. The van der Waals surface area contributed by atoms with Gasteiger partial charge in [0.2, 0.25) is 5.91 Å². The van der Waals surface area contributed by atoms with Crippen LogP contribution in [0.15, 0.2) is 78.9 Å². The van der Waals surface area contributed by atoms with E-state index in [4.69, 9.17) is 9.57 Å². The number of nitrogens with zero attached hydrogens (tertiary/aromatic N) is 2. The van der Waals surface area contributed by atoms with E-state index < -0.39 is 35.2 Å². The fourth-order valence-electron chi connectivity index (χ4n) is 4.55. The van der Waals surface area contributed by atoms with E-state index in [1.54, 1.807) is 19.1 Å². The average molecular weight is 432 g/mol. The Hall–Kier alpha value is -3.71. The summed E-state index contributed by atoms with van der Waals surface area (Å²) in [6, 6.07) is 21.5. The zero-order chi connectivity index (χ0) is 22.5. The third-order valence-electron chi connectivity index (χ3n) is 6.20. The molecule has 6 nitrogen and oxygen atoms in total. The number of ether oxygens (including phenoxy) is 1. The fourth-order valence-corrected chi connectivity index (χ4v) is 4.55. The van der Waals surface area contributed by atoms with Crippen LogP contribution in [0.1, 0.15) is 18.5 Å². The van der Waals surface area contributed by atoms with Gasteiger partial charge in [-0.05, 0) is 61.0 Å². The van der Waals surface area contributed by atoms with Crippen LogP contribution in [0.4, 0.5) is 15.8 Å². The molecule has 0 saturated carbocycles. The first-order valence-corrected chi connectivity index (χ1v) is 10.2. The number of benzene rings is 3. The zero-order valence-corrected chi connectivity index (χ0v) is 17.6. The molecule has 0 aliphatic carbocycles. The summed E-state index contributed by atoms with van der Waals surface area (Å²) in [5, 5.41) is 1.64. The van der Waals surface area contributed by atoms with Crippen LogP contribution in [0, 0.1) is 11.2 Å². The number of carbonyl (C=O) groups is 2. The Bertz CT molecular complexity index is 1170. The number of halogens is 1. The molecule has 2 amide bonds. The number of amides is 2. The summed E-state index contributed by atoms with van der Waals surface area (Å²) in [5.41, 5.74) is 0.663. The number of carbonyl (C=O) groups excluding carboxylic acids is 2. The second-order valence-electron chi connectivity index (χ2n) is 8.06. The van der Waals surface area contributed by atoms with Gasteiger partial charge in [0.15, 0.2) is 6.10 Å². The summed E-state index contributed by atoms with van der Waals surface area (Å²) in [6.07, 6.45) is -1.02. The van der Waals surface area contributed by atoms with Crippen molar-refractivity contribution >= 4 is 23.2 Å². The van der Waals surface area contributed by atoms with Crippen molar-refractivity contribution < 1.29 is 23.6 Å². The number of para-hydroxylation sites is 1. The highest BCUT2D eigenvalue weighted by Crippen LogP contribution is 2.55. The van der Waals surface area contributed by atoms with E-state index in [-0.39, 0.29) is 0 Å². The van der Waals surface area contributed by atoms with E-state index in [9.17, 15) is 14.0 Å². The first kappa shape index (κ1) is 20.2. The quantitative estimate of drug-likeness (QED) is 0.576. The van der Waals surface area contributed by atoms with E-state index in [0.29, 0.717) is 11.4 Å². The maximum Gasteiger partial charge on any atom is 0.266 e. The monoisotopic (exact) mass is 432 g/mol. The second kappa shape index (κ2) is 7.46. The summed E-state index contributed by atoms with van der Waals surface area (Å²) in [7, 11) is 1.58. The fraction of sp³-hybridized carbons (Fsp3) is 0.200. The Morgan fingerprint density at radius 2 is 1.56 bits per heavy atom. The number of fused-ring (bicyclic) bond motifs is 1. The van der Waals surface area contributed by atoms with Gasteiger partial charge in [0.05, 0.1) is 24.5 Å². The molecule has 0 radical (unpaired) electrons. The van der Waals surface area contributed by atoms with Crippen molar-refractivity contribution in [3.05, 3.63) is 90.2 Å². The number of rotatable bonds is 4. The smallest absolute Gasteiger partial charge is 0.266 e. The van der Waals surface area contributed by atoms with Gasteiger partial charge in [-0.2, -0.15) is 0 Å². The minimum absolute atomic E-state index is 0.320. The Morgan fingerprint density at radius 3 is 2.19 bits per heavy atom. The lowest BCUT2D eigenvalue weighted by molar-refractivity contribution is -0.128. The molecule has 0 N–H and O–H groups in total. The van der Waals surface area contributed by atoms with Crippen molar-refractivity contribution in [2.24, 2.45) is 5.41 Å². The second-order valence-corrected chi connectivity index (χ2v) is 8.06. The highest BCUT2D eigenvalue weighted by molar-refractivity contribution is 6.25. The Morgan fingerprint density at radius 1 is 0.906 bits per heavy atom. The molecule has 32 heavy (non-hydrogen) atoms. The molecule has 162 valence electrons. The molecule has 0 aromatic heterocycles. The molecule has 2 fully saturated rings. The Balaban J connectivity index is 1.62. The molecule has 2 saturated heterocycles. The minimum atomic E-state index is -1.20. The lowest BCUT2D eigenvalue weighted by Gasteiger charge is -2.32. The molecule has 3 aromatic rings. The first-order valence-electron chi connectivity index (χ1n) is 10.2. The van der Waals surface area contributed by atoms with Crippen LogP contribution in [0.2, 0.25) is 0 Å². The largest absolute Gasteiger partial charge is 0.497 e.